The largest absolute Gasteiger partial charge is 0.394 e. The first kappa shape index (κ1) is 16.0. The third-order valence-corrected chi connectivity index (χ3v) is 4.04. The van der Waals surface area contributed by atoms with Crippen LogP contribution in [0.1, 0.15) is 37.7 Å². The van der Waals surface area contributed by atoms with Crippen molar-refractivity contribution in [1.82, 2.24) is 10.6 Å². The average Bonchev–Trinajstić information content (AvgIpc) is 2.54. The molecule has 0 aromatic heterocycles. The van der Waals surface area contributed by atoms with E-state index < -0.39 is 0 Å². The molecule has 1 aromatic rings. The van der Waals surface area contributed by atoms with Gasteiger partial charge in [-0.2, -0.15) is 0 Å². The molecule has 4 heteroatoms. The number of nitrogens with one attached hydrogen (secondary N) is 2. The Bertz CT molecular complexity index is 416. The minimum atomic E-state index is -0.195. The van der Waals surface area contributed by atoms with Gasteiger partial charge in [-0.05, 0) is 37.8 Å². The first-order valence-corrected chi connectivity index (χ1v) is 7.95. The Balaban J connectivity index is 1.71. The predicted molar refractivity (Wildman–Crippen MR) is 84.0 cm³/mol. The summed E-state index contributed by atoms with van der Waals surface area (Å²) in [5.41, 5.74) is 1.13. The number of hydrogen-bond acceptors (Lipinski definition) is 3. The Hall–Kier alpha value is -1.39. The Labute approximate surface area is 126 Å². The van der Waals surface area contributed by atoms with Gasteiger partial charge in [-0.1, -0.05) is 36.8 Å². The molecule has 2 rings (SSSR count). The van der Waals surface area contributed by atoms with Crippen LogP contribution in [0, 0.1) is 0 Å². The minimum absolute atomic E-state index is 0.0255. The van der Waals surface area contributed by atoms with Crippen LogP contribution in [0.25, 0.3) is 0 Å². The van der Waals surface area contributed by atoms with E-state index in [2.05, 4.69) is 10.6 Å². The van der Waals surface area contributed by atoms with Gasteiger partial charge >= 0.3 is 0 Å². The molecule has 0 bridgehead atoms. The number of benzene rings is 1. The third-order valence-electron chi connectivity index (χ3n) is 4.04. The lowest BCUT2D eigenvalue weighted by Crippen LogP contribution is -2.40. The van der Waals surface area contributed by atoms with E-state index in [1.165, 1.54) is 19.3 Å². The maximum atomic E-state index is 12.0. The maximum absolute atomic E-state index is 12.0. The second kappa shape index (κ2) is 8.80. The second-order valence-corrected chi connectivity index (χ2v) is 5.82. The standard InChI is InChI=1S/C17H26N2O2/c20-13-16(12-14-6-2-1-3-7-14)19-17(21)10-9-15-8-4-5-11-18-15/h1-3,6-7,15-16,18,20H,4-5,8-13H2,(H,19,21). The number of aliphatic hydroxyl groups is 1. The van der Waals surface area contributed by atoms with Crippen molar-refractivity contribution in [2.75, 3.05) is 13.2 Å². The van der Waals surface area contributed by atoms with E-state index in [-0.39, 0.29) is 18.6 Å². The number of carbonyl (C=O) groups is 1. The van der Waals surface area contributed by atoms with Gasteiger partial charge in [0.25, 0.3) is 0 Å². The number of piperidine rings is 1. The van der Waals surface area contributed by atoms with Gasteiger partial charge in [0, 0.05) is 12.5 Å². The van der Waals surface area contributed by atoms with Crippen LogP contribution in [0.5, 0.6) is 0 Å². The van der Waals surface area contributed by atoms with Crippen LogP contribution in [0.2, 0.25) is 0 Å². The van der Waals surface area contributed by atoms with Crippen LogP contribution in [-0.4, -0.2) is 36.2 Å². The molecule has 0 saturated carbocycles. The van der Waals surface area contributed by atoms with Gasteiger partial charge in [-0.15, -0.1) is 0 Å². The molecule has 2 unspecified atom stereocenters. The normalized spacial score (nSPS) is 20.0. The molecule has 1 aliphatic rings. The van der Waals surface area contributed by atoms with Crippen molar-refractivity contribution in [3.05, 3.63) is 35.9 Å². The van der Waals surface area contributed by atoms with Crippen LogP contribution in [-0.2, 0) is 11.2 Å². The van der Waals surface area contributed by atoms with E-state index in [1.807, 2.05) is 30.3 Å². The maximum Gasteiger partial charge on any atom is 0.220 e. The molecule has 1 saturated heterocycles. The van der Waals surface area contributed by atoms with Crippen molar-refractivity contribution in [3.8, 4) is 0 Å². The molecule has 1 amide bonds. The molecule has 21 heavy (non-hydrogen) atoms. The number of rotatable bonds is 7. The smallest absolute Gasteiger partial charge is 0.220 e. The van der Waals surface area contributed by atoms with E-state index in [4.69, 9.17) is 0 Å². The van der Waals surface area contributed by atoms with Gasteiger partial charge in [0.05, 0.1) is 12.6 Å². The molecular formula is C17H26N2O2. The second-order valence-electron chi connectivity index (χ2n) is 5.82. The molecule has 1 aliphatic heterocycles. The highest BCUT2D eigenvalue weighted by molar-refractivity contribution is 5.76. The highest BCUT2D eigenvalue weighted by Gasteiger charge is 2.16. The summed E-state index contributed by atoms with van der Waals surface area (Å²) < 4.78 is 0. The van der Waals surface area contributed by atoms with Gasteiger partial charge < -0.3 is 15.7 Å². The monoisotopic (exact) mass is 290 g/mol. The third kappa shape index (κ3) is 5.86. The van der Waals surface area contributed by atoms with E-state index in [0.717, 1.165) is 18.5 Å². The summed E-state index contributed by atoms with van der Waals surface area (Å²) in [5, 5.41) is 15.8. The Morgan fingerprint density at radius 2 is 2.14 bits per heavy atom. The summed E-state index contributed by atoms with van der Waals surface area (Å²) in [5.74, 6) is 0.0392. The van der Waals surface area contributed by atoms with Gasteiger partial charge in [-0.3, -0.25) is 4.79 Å². The van der Waals surface area contributed by atoms with Gasteiger partial charge in [0.15, 0.2) is 0 Å². The SMILES string of the molecule is O=C(CCC1CCCCN1)NC(CO)Cc1ccccc1. The summed E-state index contributed by atoms with van der Waals surface area (Å²) in [6.07, 6.45) is 5.75. The topological polar surface area (TPSA) is 61.4 Å². The lowest BCUT2D eigenvalue weighted by Gasteiger charge is -2.23. The Kier molecular flexibility index (Phi) is 6.70. The summed E-state index contributed by atoms with van der Waals surface area (Å²) in [4.78, 5) is 12.0. The van der Waals surface area contributed by atoms with Crippen LogP contribution in [0.3, 0.4) is 0 Å². The first-order valence-electron chi connectivity index (χ1n) is 7.95. The minimum Gasteiger partial charge on any atom is -0.394 e. The predicted octanol–water partition coefficient (Wildman–Crippen LogP) is 1.63. The summed E-state index contributed by atoms with van der Waals surface area (Å²) in [6, 6.07) is 10.2. The van der Waals surface area contributed by atoms with Gasteiger partial charge in [0.1, 0.15) is 0 Å². The summed E-state index contributed by atoms with van der Waals surface area (Å²) in [7, 11) is 0. The van der Waals surface area contributed by atoms with Crippen LogP contribution >= 0.6 is 0 Å². The highest BCUT2D eigenvalue weighted by Crippen LogP contribution is 2.12. The highest BCUT2D eigenvalue weighted by atomic mass is 16.3. The zero-order chi connectivity index (χ0) is 14.9. The van der Waals surface area contributed by atoms with Crippen LogP contribution < -0.4 is 10.6 Å². The van der Waals surface area contributed by atoms with E-state index in [0.29, 0.717) is 18.9 Å². The first-order chi connectivity index (χ1) is 10.3. The fraction of sp³-hybridized carbons (Fsp3) is 0.588. The molecule has 3 N–H and O–H groups in total. The zero-order valence-corrected chi connectivity index (χ0v) is 12.6. The molecule has 0 radical (unpaired) electrons. The van der Waals surface area contributed by atoms with Crippen LogP contribution in [0.15, 0.2) is 30.3 Å². The molecule has 1 fully saturated rings. The Morgan fingerprint density at radius 3 is 2.81 bits per heavy atom. The molecule has 0 aliphatic carbocycles. The lowest BCUT2D eigenvalue weighted by atomic mass is 10.00. The van der Waals surface area contributed by atoms with E-state index in [1.54, 1.807) is 0 Å². The lowest BCUT2D eigenvalue weighted by molar-refractivity contribution is -0.122. The van der Waals surface area contributed by atoms with Crippen LogP contribution in [0.4, 0.5) is 0 Å². The van der Waals surface area contributed by atoms with Crippen molar-refractivity contribution in [2.45, 2.75) is 50.6 Å². The number of amides is 1. The molecule has 4 nitrogen and oxygen atoms in total. The van der Waals surface area contributed by atoms with Crippen molar-refractivity contribution < 1.29 is 9.90 Å². The fourth-order valence-corrected chi connectivity index (χ4v) is 2.84. The number of carbonyl (C=O) groups excluding carboxylic acids is 1. The summed E-state index contributed by atoms with van der Waals surface area (Å²) in [6.45, 7) is 1.04. The molecular weight excluding hydrogens is 264 g/mol. The molecule has 116 valence electrons. The Morgan fingerprint density at radius 1 is 1.33 bits per heavy atom. The van der Waals surface area contributed by atoms with Crippen molar-refractivity contribution >= 4 is 5.91 Å². The molecule has 2 atom stereocenters. The summed E-state index contributed by atoms with van der Waals surface area (Å²) >= 11 is 0. The average molecular weight is 290 g/mol. The zero-order valence-electron chi connectivity index (χ0n) is 12.6. The number of hydrogen-bond donors (Lipinski definition) is 3. The number of aliphatic hydroxyl groups excluding tert-OH is 1. The van der Waals surface area contributed by atoms with E-state index >= 15 is 0 Å². The quantitative estimate of drug-likeness (QED) is 0.715. The molecule has 1 aromatic carbocycles. The van der Waals surface area contributed by atoms with Crippen molar-refractivity contribution in [3.63, 3.8) is 0 Å². The van der Waals surface area contributed by atoms with Gasteiger partial charge in [-0.25, -0.2) is 0 Å². The molecule has 1 heterocycles. The van der Waals surface area contributed by atoms with E-state index in [9.17, 15) is 9.90 Å². The van der Waals surface area contributed by atoms with Crippen molar-refractivity contribution in [2.24, 2.45) is 0 Å². The molecule has 0 spiro atoms. The fourth-order valence-electron chi connectivity index (χ4n) is 2.84. The van der Waals surface area contributed by atoms with Gasteiger partial charge in [0.2, 0.25) is 5.91 Å². The van der Waals surface area contributed by atoms with Crippen molar-refractivity contribution in [1.29, 1.82) is 0 Å².